The molecule has 3 aromatic rings. The van der Waals surface area contributed by atoms with Gasteiger partial charge in [-0.1, -0.05) is 49.2 Å². The number of fused-ring (bicyclic) bond motifs is 1. The van der Waals surface area contributed by atoms with E-state index in [2.05, 4.69) is 31.0 Å². The van der Waals surface area contributed by atoms with Crippen LogP contribution in [0.5, 0.6) is 5.75 Å². The molecule has 0 aliphatic heterocycles. The van der Waals surface area contributed by atoms with Crippen LogP contribution in [-0.2, 0) is 6.54 Å². The summed E-state index contributed by atoms with van der Waals surface area (Å²) in [6.45, 7) is 10.3. The largest absolute Gasteiger partial charge is 0.489 e. The number of halogens is 2. The van der Waals surface area contributed by atoms with Crippen LogP contribution in [0, 0.1) is 0 Å². The maximum Gasteiger partial charge on any atom is 0.204 e. The predicted molar refractivity (Wildman–Crippen MR) is 138 cm³/mol. The summed E-state index contributed by atoms with van der Waals surface area (Å²) < 4.78 is 7.75. The van der Waals surface area contributed by atoms with Crippen LogP contribution < -0.4 is 10.1 Å². The lowest BCUT2D eigenvalue weighted by Crippen LogP contribution is -2.27. The lowest BCUT2D eigenvalue weighted by atomic mass is 10.2. The smallest absolute Gasteiger partial charge is 0.204 e. The highest BCUT2D eigenvalue weighted by Gasteiger charge is 2.17. The normalized spacial score (nSPS) is 13.4. The third-order valence-electron chi connectivity index (χ3n) is 5.75. The first-order valence-corrected chi connectivity index (χ1v) is 12.4. The summed E-state index contributed by atoms with van der Waals surface area (Å²) in [5, 5.41) is 15.2. The van der Waals surface area contributed by atoms with E-state index in [-0.39, 0.29) is 12.6 Å². The van der Waals surface area contributed by atoms with Crippen molar-refractivity contribution in [1.82, 2.24) is 14.5 Å². The molecule has 0 aliphatic carbocycles. The van der Waals surface area contributed by atoms with E-state index in [0.717, 1.165) is 49.5 Å². The Bertz CT molecular complexity index is 1020. The number of hydrogen-bond acceptors (Lipinski definition) is 5. The van der Waals surface area contributed by atoms with Crippen molar-refractivity contribution in [3.05, 3.63) is 52.5 Å². The molecule has 2 N–H and O–H groups in total. The van der Waals surface area contributed by atoms with Crippen LogP contribution in [0.2, 0.25) is 10.0 Å². The molecule has 1 heterocycles. The quantitative estimate of drug-likeness (QED) is 0.320. The van der Waals surface area contributed by atoms with Crippen molar-refractivity contribution >= 4 is 40.2 Å². The van der Waals surface area contributed by atoms with Crippen LogP contribution in [0.3, 0.4) is 0 Å². The van der Waals surface area contributed by atoms with E-state index in [0.29, 0.717) is 22.3 Å². The van der Waals surface area contributed by atoms with E-state index >= 15 is 0 Å². The molecular weight excluding hydrogens is 459 g/mol. The maximum atomic E-state index is 10.7. The SMILES string of the molecule is CCN(CC)CCCC(C)Nc1nc2ccccc2n1CC(O)COc1ccc(Cl)cc1Cl. The zero-order valence-electron chi connectivity index (χ0n) is 19.6. The lowest BCUT2D eigenvalue weighted by Gasteiger charge is -2.21. The minimum absolute atomic E-state index is 0.104. The van der Waals surface area contributed by atoms with E-state index in [1.54, 1.807) is 18.2 Å². The van der Waals surface area contributed by atoms with Gasteiger partial charge in [0.15, 0.2) is 0 Å². The number of benzene rings is 2. The molecule has 0 radical (unpaired) electrons. The number of nitrogens with zero attached hydrogens (tertiary/aromatic N) is 3. The Labute approximate surface area is 206 Å². The topological polar surface area (TPSA) is 62.6 Å². The number of imidazole rings is 1. The van der Waals surface area contributed by atoms with Gasteiger partial charge in [0, 0.05) is 11.1 Å². The van der Waals surface area contributed by atoms with Crippen LogP contribution in [0.4, 0.5) is 5.95 Å². The van der Waals surface area contributed by atoms with Crippen molar-refractivity contribution in [2.24, 2.45) is 0 Å². The van der Waals surface area contributed by atoms with Crippen molar-refractivity contribution in [3.63, 3.8) is 0 Å². The molecule has 2 aromatic carbocycles. The van der Waals surface area contributed by atoms with E-state index in [9.17, 15) is 5.11 Å². The number of aromatic nitrogens is 2. The Balaban J connectivity index is 1.65. The molecule has 0 amide bonds. The van der Waals surface area contributed by atoms with Crippen molar-refractivity contribution in [1.29, 1.82) is 0 Å². The highest BCUT2D eigenvalue weighted by Crippen LogP contribution is 2.28. The minimum Gasteiger partial charge on any atom is -0.489 e. The summed E-state index contributed by atoms with van der Waals surface area (Å²) in [6, 6.07) is 13.3. The van der Waals surface area contributed by atoms with E-state index < -0.39 is 6.10 Å². The molecule has 1 aromatic heterocycles. The zero-order valence-corrected chi connectivity index (χ0v) is 21.1. The molecule has 0 fully saturated rings. The van der Waals surface area contributed by atoms with Gasteiger partial charge in [-0.05, 0) is 69.7 Å². The van der Waals surface area contributed by atoms with Gasteiger partial charge in [-0.15, -0.1) is 0 Å². The number of ether oxygens (including phenoxy) is 1. The predicted octanol–water partition coefficient (Wildman–Crippen LogP) is 5.71. The van der Waals surface area contributed by atoms with E-state index in [1.807, 2.05) is 28.8 Å². The number of nitrogens with one attached hydrogen (secondary N) is 1. The summed E-state index contributed by atoms with van der Waals surface area (Å²) in [5.74, 6) is 1.26. The van der Waals surface area contributed by atoms with Gasteiger partial charge in [-0.25, -0.2) is 4.98 Å². The third-order valence-corrected chi connectivity index (χ3v) is 6.28. The molecule has 33 heavy (non-hydrogen) atoms. The van der Waals surface area contributed by atoms with Crippen LogP contribution in [0.25, 0.3) is 11.0 Å². The number of hydrogen-bond donors (Lipinski definition) is 2. The monoisotopic (exact) mass is 492 g/mol. The lowest BCUT2D eigenvalue weighted by molar-refractivity contribution is 0.0939. The average molecular weight is 493 g/mol. The van der Waals surface area contributed by atoms with Crippen LogP contribution in [0.1, 0.15) is 33.6 Å². The molecule has 6 nitrogen and oxygen atoms in total. The average Bonchev–Trinajstić information content (AvgIpc) is 3.13. The third kappa shape index (κ3) is 7.24. The number of rotatable bonds is 13. The Morgan fingerprint density at radius 1 is 1.15 bits per heavy atom. The van der Waals surface area contributed by atoms with Crippen molar-refractivity contribution in [3.8, 4) is 5.75 Å². The number of para-hydroxylation sites is 2. The first-order valence-electron chi connectivity index (χ1n) is 11.6. The second-order valence-electron chi connectivity index (χ2n) is 8.29. The molecule has 180 valence electrons. The van der Waals surface area contributed by atoms with Gasteiger partial charge in [-0.2, -0.15) is 0 Å². The van der Waals surface area contributed by atoms with Crippen LogP contribution in [-0.4, -0.2) is 57.9 Å². The molecule has 2 atom stereocenters. The maximum absolute atomic E-state index is 10.7. The molecule has 0 spiro atoms. The number of aliphatic hydroxyl groups is 1. The summed E-state index contributed by atoms with van der Waals surface area (Å²) in [7, 11) is 0. The molecular formula is C25H34Cl2N4O2. The zero-order chi connectivity index (χ0) is 23.8. The van der Waals surface area contributed by atoms with Crippen molar-refractivity contribution in [2.45, 2.75) is 52.3 Å². The Kier molecular flexibility index (Phi) is 9.68. The van der Waals surface area contributed by atoms with Crippen molar-refractivity contribution < 1.29 is 9.84 Å². The molecule has 0 saturated heterocycles. The highest BCUT2D eigenvalue weighted by molar-refractivity contribution is 6.35. The van der Waals surface area contributed by atoms with Crippen LogP contribution >= 0.6 is 23.2 Å². The van der Waals surface area contributed by atoms with Gasteiger partial charge in [0.2, 0.25) is 5.95 Å². The minimum atomic E-state index is -0.743. The van der Waals surface area contributed by atoms with Gasteiger partial charge in [0.1, 0.15) is 18.5 Å². The van der Waals surface area contributed by atoms with Gasteiger partial charge in [0.05, 0.1) is 22.6 Å². The Morgan fingerprint density at radius 3 is 2.64 bits per heavy atom. The number of anilines is 1. The fourth-order valence-electron chi connectivity index (χ4n) is 3.87. The fraction of sp³-hybridized carbons (Fsp3) is 0.480. The summed E-state index contributed by atoms with van der Waals surface area (Å²) in [5.41, 5.74) is 1.86. The first kappa shape index (κ1) is 25.6. The second kappa shape index (κ2) is 12.5. The van der Waals surface area contributed by atoms with E-state index in [4.69, 9.17) is 32.9 Å². The highest BCUT2D eigenvalue weighted by atomic mass is 35.5. The fourth-order valence-corrected chi connectivity index (χ4v) is 4.33. The Hall–Kier alpha value is -1.99. The molecule has 2 unspecified atom stereocenters. The standard InChI is InChI=1S/C25H34Cl2N4O2/c1-4-30(5-2)14-8-9-18(3)28-25-29-22-10-6-7-11-23(22)31(25)16-20(32)17-33-24-13-12-19(26)15-21(24)27/h6-7,10-13,15,18,20,32H,4-5,8-9,14,16-17H2,1-3H3,(H,28,29). The van der Waals surface area contributed by atoms with Gasteiger partial charge < -0.3 is 24.6 Å². The Morgan fingerprint density at radius 2 is 1.91 bits per heavy atom. The van der Waals surface area contributed by atoms with Gasteiger partial charge in [-0.3, -0.25) is 0 Å². The first-order chi connectivity index (χ1) is 15.9. The van der Waals surface area contributed by atoms with E-state index in [1.165, 1.54) is 0 Å². The molecule has 8 heteroatoms. The van der Waals surface area contributed by atoms with Crippen molar-refractivity contribution in [2.75, 3.05) is 31.6 Å². The number of aliphatic hydroxyl groups excluding tert-OH is 1. The van der Waals surface area contributed by atoms with Crippen LogP contribution in [0.15, 0.2) is 42.5 Å². The summed E-state index contributed by atoms with van der Waals surface area (Å²) in [4.78, 5) is 7.21. The molecule has 0 aliphatic rings. The summed E-state index contributed by atoms with van der Waals surface area (Å²) in [6.07, 6.45) is 1.42. The molecule has 3 rings (SSSR count). The molecule has 0 bridgehead atoms. The second-order valence-corrected chi connectivity index (χ2v) is 9.13. The molecule has 0 saturated carbocycles. The van der Waals surface area contributed by atoms with Gasteiger partial charge in [0.25, 0.3) is 0 Å². The van der Waals surface area contributed by atoms with Gasteiger partial charge >= 0.3 is 0 Å². The summed E-state index contributed by atoms with van der Waals surface area (Å²) >= 11 is 12.1.